The molecular weight excluding hydrogens is 412 g/mol. The van der Waals surface area contributed by atoms with Gasteiger partial charge in [-0.2, -0.15) is 0 Å². The smallest absolute Gasteiger partial charge is 0.290 e. The standard InChI is InChI=1S/C26H16N4.CH2O2/c1-2-4-17(5-3-1)25-15-24-14-22-9-8-20(28-22)12-18-6-7-19(27-18)13-21-10-11-23(29-21)16-26(25)30-24;2-1-3/h1-16H;1H,(H,2,3). The van der Waals surface area contributed by atoms with Crippen molar-refractivity contribution in [1.29, 1.82) is 0 Å². The molecule has 5 heterocycles. The lowest BCUT2D eigenvalue weighted by molar-refractivity contribution is -0.122. The normalized spacial score (nSPS) is 19.2. The first-order chi connectivity index (χ1) is 16.2. The molecule has 0 aromatic heterocycles. The largest absolute Gasteiger partial charge is 0.483 e. The minimum Gasteiger partial charge on any atom is -0.483 e. The molecule has 0 saturated heterocycles. The SMILES string of the molecule is C1=CC2=NC1=CC1=NC(=CC3=NC(=CC4=NC(=C2)C=C4)C(c2ccccc2)=C3)C=C1.O=CO. The van der Waals surface area contributed by atoms with Crippen molar-refractivity contribution >= 4 is 34.9 Å². The molecule has 5 aliphatic heterocycles. The van der Waals surface area contributed by atoms with Gasteiger partial charge in [0.25, 0.3) is 6.47 Å². The first kappa shape index (κ1) is 20.2. The molecule has 0 saturated carbocycles. The van der Waals surface area contributed by atoms with Crippen LogP contribution in [-0.2, 0) is 4.79 Å². The van der Waals surface area contributed by atoms with Gasteiger partial charge in [-0.3, -0.25) is 4.79 Å². The molecule has 1 aromatic rings. The topological polar surface area (TPSA) is 86.7 Å². The fraction of sp³-hybridized carbons (Fsp3) is 0. The molecule has 8 bridgehead atoms. The zero-order valence-corrected chi connectivity index (χ0v) is 17.5. The number of rotatable bonds is 1. The third kappa shape index (κ3) is 4.50. The molecule has 1 N–H and O–H groups in total. The van der Waals surface area contributed by atoms with Gasteiger partial charge in [0.2, 0.25) is 0 Å². The Morgan fingerprint density at radius 1 is 0.576 bits per heavy atom. The van der Waals surface area contributed by atoms with Gasteiger partial charge >= 0.3 is 0 Å². The van der Waals surface area contributed by atoms with Crippen molar-refractivity contribution in [2.24, 2.45) is 20.0 Å². The van der Waals surface area contributed by atoms with Crippen LogP contribution in [-0.4, -0.2) is 34.4 Å². The van der Waals surface area contributed by atoms with E-state index in [1.54, 1.807) is 0 Å². The van der Waals surface area contributed by atoms with E-state index in [4.69, 9.17) is 24.9 Å². The number of carbonyl (C=O) groups is 1. The molecule has 6 heteroatoms. The van der Waals surface area contributed by atoms with E-state index in [0.717, 1.165) is 56.8 Å². The third-order valence-corrected chi connectivity index (χ3v) is 5.12. The van der Waals surface area contributed by atoms with E-state index in [-0.39, 0.29) is 6.47 Å². The maximum absolute atomic E-state index is 8.36. The van der Waals surface area contributed by atoms with E-state index in [1.807, 2.05) is 79.0 Å². The lowest BCUT2D eigenvalue weighted by Gasteiger charge is -2.03. The van der Waals surface area contributed by atoms with Crippen molar-refractivity contribution in [1.82, 2.24) is 0 Å². The summed E-state index contributed by atoms with van der Waals surface area (Å²) in [5.41, 5.74) is 9.28. The molecule has 6 rings (SSSR count). The zero-order chi connectivity index (χ0) is 22.6. The number of fused-ring (bicyclic) bond motifs is 4. The van der Waals surface area contributed by atoms with E-state index in [2.05, 4.69) is 23.2 Å². The van der Waals surface area contributed by atoms with Crippen LogP contribution in [0.1, 0.15) is 5.56 Å². The lowest BCUT2D eigenvalue weighted by atomic mass is 10.0. The number of aliphatic imine (C=N–C) groups is 4. The van der Waals surface area contributed by atoms with Crippen molar-refractivity contribution in [3.8, 4) is 0 Å². The summed E-state index contributed by atoms with van der Waals surface area (Å²) in [7, 11) is 0. The highest BCUT2D eigenvalue weighted by molar-refractivity contribution is 6.19. The fourth-order valence-electron chi connectivity index (χ4n) is 3.75. The average Bonchev–Trinajstić information content (AvgIpc) is 3.60. The van der Waals surface area contributed by atoms with Crippen LogP contribution in [0.2, 0.25) is 0 Å². The monoisotopic (exact) mass is 430 g/mol. The zero-order valence-electron chi connectivity index (χ0n) is 17.5. The Balaban J connectivity index is 0.000000724. The second-order valence-corrected chi connectivity index (χ2v) is 7.41. The minimum atomic E-state index is -0.250. The first-order valence-corrected chi connectivity index (χ1v) is 10.3. The van der Waals surface area contributed by atoms with Gasteiger partial charge in [0, 0.05) is 5.57 Å². The van der Waals surface area contributed by atoms with Crippen LogP contribution in [0.5, 0.6) is 0 Å². The van der Waals surface area contributed by atoms with Gasteiger partial charge in [0.1, 0.15) is 0 Å². The van der Waals surface area contributed by atoms with E-state index < -0.39 is 0 Å². The van der Waals surface area contributed by atoms with Gasteiger partial charge in [0.05, 0.1) is 45.6 Å². The highest BCUT2D eigenvalue weighted by Crippen LogP contribution is 2.31. The Labute approximate surface area is 190 Å². The fourth-order valence-corrected chi connectivity index (χ4v) is 3.75. The van der Waals surface area contributed by atoms with Gasteiger partial charge in [-0.1, -0.05) is 30.3 Å². The molecule has 0 aliphatic carbocycles. The Hall–Kier alpha value is -4.71. The summed E-state index contributed by atoms with van der Waals surface area (Å²) in [4.78, 5) is 27.3. The summed E-state index contributed by atoms with van der Waals surface area (Å²) < 4.78 is 0. The summed E-state index contributed by atoms with van der Waals surface area (Å²) in [6.45, 7) is -0.250. The Bertz CT molecular complexity index is 1400. The summed E-state index contributed by atoms with van der Waals surface area (Å²) >= 11 is 0. The van der Waals surface area contributed by atoms with Gasteiger partial charge in [-0.25, -0.2) is 20.0 Å². The highest BCUT2D eigenvalue weighted by atomic mass is 16.3. The molecule has 0 amide bonds. The summed E-state index contributed by atoms with van der Waals surface area (Å²) in [5.74, 6) is 0. The molecule has 0 atom stereocenters. The van der Waals surface area contributed by atoms with Crippen LogP contribution < -0.4 is 0 Å². The molecule has 5 aliphatic rings. The predicted molar refractivity (Wildman–Crippen MR) is 133 cm³/mol. The number of carboxylic acid groups (broad SMARTS) is 1. The predicted octanol–water partition coefficient (Wildman–Crippen LogP) is 4.81. The van der Waals surface area contributed by atoms with Crippen LogP contribution >= 0.6 is 0 Å². The van der Waals surface area contributed by atoms with E-state index in [0.29, 0.717) is 0 Å². The second-order valence-electron chi connectivity index (χ2n) is 7.41. The lowest BCUT2D eigenvalue weighted by Crippen LogP contribution is -1.90. The molecule has 0 radical (unpaired) electrons. The molecule has 0 spiro atoms. The number of benzene rings is 1. The molecular formula is C27H18N4O2. The molecule has 0 fully saturated rings. The Morgan fingerprint density at radius 3 is 1.61 bits per heavy atom. The van der Waals surface area contributed by atoms with E-state index in [1.165, 1.54) is 0 Å². The molecule has 1 aromatic carbocycles. The maximum atomic E-state index is 8.36. The van der Waals surface area contributed by atoms with Crippen molar-refractivity contribution < 1.29 is 9.90 Å². The molecule has 6 nitrogen and oxygen atoms in total. The minimum absolute atomic E-state index is 0.250. The second kappa shape index (κ2) is 8.80. The Kier molecular flexibility index (Phi) is 5.39. The number of allylic oxidation sites excluding steroid dienone is 12. The highest BCUT2D eigenvalue weighted by Gasteiger charge is 2.18. The van der Waals surface area contributed by atoms with Gasteiger partial charge in [0.15, 0.2) is 0 Å². The van der Waals surface area contributed by atoms with Crippen LogP contribution in [0, 0.1) is 0 Å². The van der Waals surface area contributed by atoms with Crippen molar-refractivity contribution in [2.75, 3.05) is 0 Å². The van der Waals surface area contributed by atoms with Gasteiger partial charge in [-0.15, -0.1) is 0 Å². The molecule has 158 valence electrons. The van der Waals surface area contributed by atoms with E-state index in [9.17, 15) is 0 Å². The van der Waals surface area contributed by atoms with E-state index >= 15 is 0 Å². The van der Waals surface area contributed by atoms with Crippen molar-refractivity contribution in [3.63, 3.8) is 0 Å². The number of hydrogen-bond acceptors (Lipinski definition) is 5. The third-order valence-electron chi connectivity index (χ3n) is 5.12. The average molecular weight is 430 g/mol. The Morgan fingerprint density at radius 2 is 1.06 bits per heavy atom. The summed E-state index contributed by atoms with van der Waals surface area (Å²) in [5, 5.41) is 6.89. The summed E-state index contributed by atoms with van der Waals surface area (Å²) in [6, 6.07) is 10.3. The van der Waals surface area contributed by atoms with Crippen LogP contribution in [0.25, 0.3) is 5.57 Å². The van der Waals surface area contributed by atoms with Crippen LogP contribution in [0.3, 0.4) is 0 Å². The van der Waals surface area contributed by atoms with Crippen LogP contribution in [0.4, 0.5) is 0 Å². The van der Waals surface area contributed by atoms with Crippen molar-refractivity contribution in [2.45, 2.75) is 0 Å². The molecule has 33 heavy (non-hydrogen) atoms. The first-order valence-electron chi connectivity index (χ1n) is 10.3. The summed E-state index contributed by atoms with van der Waals surface area (Å²) in [6.07, 6.45) is 22.1. The maximum Gasteiger partial charge on any atom is 0.290 e. The van der Waals surface area contributed by atoms with Gasteiger partial charge in [-0.05, 0) is 72.4 Å². The van der Waals surface area contributed by atoms with Crippen LogP contribution in [0.15, 0.2) is 140 Å². The number of hydrogen-bond donors (Lipinski definition) is 1. The van der Waals surface area contributed by atoms with Gasteiger partial charge < -0.3 is 5.11 Å². The quantitative estimate of drug-likeness (QED) is 0.649. The van der Waals surface area contributed by atoms with Crippen molar-refractivity contribution in [3.05, 3.63) is 126 Å². The number of nitrogens with zero attached hydrogens (tertiary/aromatic N) is 4. The molecule has 0 unspecified atom stereocenters.